The first-order valence-corrected chi connectivity index (χ1v) is 10.7. The Balaban J connectivity index is 1.64. The van der Waals surface area contributed by atoms with Crippen molar-refractivity contribution in [3.05, 3.63) is 41.5 Å². The molecule has 0 amide bonds. The Hall–Kier alpha value is -1.64. The molecule has 1 aliphatic rings. The SMILES string of the molecule is CCCCC1CCC(CCc2cc3ccc(OCC)cc3c(F)c2F)CC1. The van der Waals surface area contributed by atoms with Crippen molar-refractivity contribution in [2.24, 2.45) is 11.8 Å². The number of fused-ring (bicyclic) bond motifs is 1. The molecule has 0 N–H and O–H groups in total. The summed E-state index contributed by atoms with van der Waals surface area (Å²) in [5.74, 6) is 0.688. The van der Waals surface area contributed by atoms with Crippen LogP contribution in [-0.4, -0.2) is 6.61 Å². The van der Waals surface area contributed by atoms with Gasteiger partial charge in [0, 0.05) is 5.39 Å². The molecule has 1 aliphatic carbocycles. The third-order valence-electron chi connectivity index (χ3n) is 6.13. The molecule has 0 radical (unpaired) electrons. The van der Waals surface area contributed by atoms with Crippen LogP contribution in [0.5, 0.6) is 5.75 Å². The fraction of sp³-hybridized carbons (Fsp3) is 0.583. The van der Waals surface area contributed by atoms with Crippen LogP contribution >= 0.6 is 0 Å². The predicted molar refractivity (Wildman–Crippen MR) is 108 cm³/mol. The van der Waals surface area contributed by atoms with Crippen LogP contribution in [0.15, 0.2) is 24.3 Å². The minimum Gasteiger partial charge on any atom is -0.494 e. The molecule has 3 rings (SSSR count). The van der Waals surface area contributed by atoms with Crippen LogP contribution in [0.2, 0.25) is 0 Å². The van der Waals surface area contributed by atoms with Crippen LogP contribution in [0.3, 0.4) is 0 Å². The molecule has 148 valence electrons. The largest absolute Gasteiger partial charge is 0.494 e. The third kappa shape index (κ3) is 5.00. The first-order chi connectivity index (χ1) is 13.1. The number of hydrogen-bond donors (Lipinski definition) is 0. The number of benzene rings is 2. The van der Waals surface area contributed by atoms with Gasteiger partial charge < -0.3 is 4.74 Å². The molecule has 0 atom stereocenters. The van der Waals surface area contributed by atoms with Gasteiger partial charge in [-0.15, -0.1) is 0 Å². The van der Waals surface area contributed by atoms with Crippen molar-refractivity contribution in [1.29, 1.82) is 0 Å². The van der Waals surface area contributed by atoms with Crippen molar-refractivity contribution in [3.63, 3.8) is 0 Å². The Morgan fingerprint density at radius 3 is 2.30 bits per heavy atom. The first-order valence-electron chi connectivity index (χ1n) is 10.7. The third-order valence-corrected chi connectivity index (χ3v) is 6.13. The molecule has 2 aromatic carbocycles. The van der Waals surface area contributed by atoms with Gasteiger partial charge in [0.15, 0.2) is 11.6 Å². The molecule has 27 heavy (non-hydrogen) atoms. The molecule has 1 saturated carbocycles. The van der Waals surface area contributed by atoms with E-state index >= 15 is 0 Å². The number of aryl methyl sites for hydroxylation is 1. The Morgan fingerprint density at radius 1 is 0.926 bits per heavy atom. The lowest BCUT2D eigenvalue weighted by atomic mass is 9.78. The monoisotopic (exact) mass is 374 g/mol. The molecule has 0 heterocycles. The molecule has 1 nitrogen and oxygen atoms in total. The van der Waals surface area contributed by atoms with E-state index in [1.807, 2.05) is 25.1 Å². The van der Waals surface area contributed by atoms with Crippen LogP contribution in [0.25, 0.3) is 10.8 Å². The molecular formula is C24H32F2O. The Kier molecular flexibility index (Phi) is 7.09. The number of rotatable bonds is 8. The number of hydrogen-bond acceptors (Lipinski definition) is 1. The zero-order valence-electron chi connectivity index (χ0n) is 16.7. The fourth-order valence-electron chi connectivity index (χ4n) is 4.46. The minimum atomic E-state index is -0.743. The van der Waals surface area contributed by atoms with Crippen LogP contribution in [0.4, 0.5) is 8.78 Å². The van der Waals surface area contributed by atoms with E-state index in [0.29, 0.717) is 35.6 Å². The lowest BCUT2D eigenvalue weighted by Gasteiger charge is -2.28. The number of ether oxygens (including phenoxy) is 1. The van der Waals surface area contributed by atoms with E-state index in [2.05, 4.69) is 6.92 Å². The van der Waals surface area contributed by atoms with Crippen molar-refractivity contribution in [1.82, 2.24) is 0 Å². The summed E-state index contributed by atoms with van der Waals surface area (Å²) in [6.07, 6.45) is 10.6. The minimum absolute atomic E-state index is 0.304. The van der Waals surface area contributed by atoms with Gasteiger partial charge in [-0.05, 0) is 60.7 Å². The molecule has 0 spiro atoms. The molecule has 0 bridgehead atoms. The topological polar surface area (TPSA) is 9.23 Å². The highest BCUT2D eigenvalue weighted by molar-refractivity contribution is 5.85. The van der Waals surface area contributed by atoms with Gasteiger partial charge in [-0.25, -0.2) is 8.78 Å². The van der Waals surface area contributed by atoms with Crippen molar-refractivity contribution in [2.75, 3.05) is 6.61 Å². The molecule has 0 aromatic heterocycles. The van der Waals surface area contributed by atoms with Gasteiger partial charge in [-0.3, -0.25) is 0 Å². The fourth-order valence-corrected chi connectivity index (χ4v) is 4.46. The summed E-state index contributed by atoms with van der Waals surface area (Å²) in [6, 6.07) is 7.06. The number of halogens is 2. The van der Waals surface area contributed by atoms with Crippen LogP contribution in [-0.2, 0) is 6.42 Å². The van der Waals surface area contributed by atoms with E-state index in [0.717, 1.165) is 17.7 Å². The summed E-state index contributed by atoms with van der Waals surface area (Å²) < 4.78 is 34.6. The molecule has 0 aliphatic heterocycles. The van der Waals surface area contributed by atoms with E-state index in [-0.39, 0.29) is 0 Å². The van der Waals surface area contributed by atoms with Crippen molar-refractivity contribution >= 4 is 10.8 Å². The smallest absolute Gasteiger partial charge is 0.167 e. The lowest BCUT2D eigenvalue weighted by molar-refractivity contribution is 0.249. The quantitative estimate of drug-likeness (QED) is 0.466. The van der Waals surface area contributed by atoms with E-state index in [1.54, 1.807) is 6.07 Å². The highest BCUT2D eigenvalue weighted by atomic mass is 19.2. The lowest BCUT2D eigenvalue weighted by Crippen LogP contribution is -2.15. The zero-order chi connectivity index (χ0) is 19.2. The van der Waals surface area contributed by atoms with Gasteiger partial charge in [0.2, 0.25) is 0 Å². The second kappa shape index (κ2) is 9.52. The van der Waals surface area contributed by atoms with Gasteiger partial charge in [0.05, 0.1) is 6.61 Å². The Labute approximate surface area is 162 Å². The summed E-state index contributed by atoms with van der Waals surface area (Å²) in [7, 11) is 0. The molecule has 3 heteroatoms. The number of unbranched alkanes of at least 4 members (excludes halogenated alkanes) is 1. The van der Waals surface area contributed by atoms with Gasteiger partial charge >= 0.3 is 0 Å². The molecule has 1 fully saturated rings. The van der Waals surface area contributed by atoms with Gasteiger partial charge in [0.25, 0.3) is 0 Å². The molecular weight excluding hydrogens is 342 g/mol. The van der Waals surface area contributed by atoms with Crippen LogP contribution < -0.4 is 4.74 Å². The summed E-state index contributed by atoms with van der Waals surface area (Å²) in [5, 5.41) is 1.05. The van der Waals surface area contributed by atoms with Gasteiger partial charge in [0.1, 0.15) is 5.75 Å². The van der Waals surface area contributed by atoms with Crippen molar-refractivity contribution in [3.8, 4) is 5.75 Å². The first kappa shape index (κ1) is 20.1. The second-order valence-electron chi connectivity index (χ2n) is 8.05. The Morgan fingerprint density at radius 2 is 1.63 bits per heavy atom. The van der Waals surface area contributed by atoms with Gasteiger partial charge in [-0.1, -0.05) is 57.9 Å². The summed E-state index contributed by atoms with van der Waals surface area (Å²) >= 11 is 0. The van der Waals surface area contributed by atoms with E-state index in [4.69, 9.17) is 4.74 Å². The van der Waals surface area contributed by atoms with E-state index in [1.165, 1.54) is 44.9 Å². The highest BCUT2D eigenvalue weighted by Gasteiger charge is 2.22. The summed E-state index contributed by atoms with van der Waals surface area (Å²) in [6.45, 7) is 4.64. The average Bonchev–Trinajstić information content (AvgIpc) is 2.69. The maximum Gasteiger partial charge on any atom is 0.167 e. The normalized spacial score (nSPS) is 20.1. The predicted octanol–water partition coefficient (Wildman–Crippen LogP) is 7.45. The standard InChI is InChI=1S/C24H32F2O/c1-3-5-6-17-7-9-18(10-8-17)11-12-20-15-19-13-14-21(27-4-2)16-22(19)24(26)23(20)25/h13-18H,3-12H2,1-2H3. The van der Waals surface area contributed by atoms with Crippen LogP contribution in [0.1, 0.15) is 70.8 Å². The molecule has 0 saturated heterocycles. The molecule has 2 aromatic rings. The van der Waals surface area contributed by atoms with Crippen molar-refractivity contribution in [2.45, 2.75) is 71.6 Å². The second-order valence-corrected chi connectivity index (χ2v) is 8.05. The molecule has 0 unspecified atom stereocenters. The Bertz CT molecular complexity index is 748. The maximum absolute atomic E-state index is 14.6. The van der Waals surface area contributed by atoms with E-state index in [9.17, 15) is 8.78 Å². The zero-order valence-corrected chi connectivity index (χ0v) is 16.7. The van der Waals surface area contributed by atoms with Gasteiger partial charge in [-0.2, -0.15) is 0 Å². The highest BCUT2D eigenvalue weighted by Crippen LogP contribution is 2.35. The van der Waals surface area contributed by atoms with Crippen molar-refractivity contribution < 1.29 is 13.5 Å². The summed E-state index contributed by atoms with van der Waals surface area (Å²) in [4.78, 5) is 0. The average molecular weight is 375 g/mol. The summed E-state index contributed by atoms with van der Waals surface area (Å²) in [5.41, 5.74) is 0.511. The maximum atomic E-state index is 14.6. The van der Waals surface area contributed by atoms with Crippen LogP contribution in [0, 0.1) is 23.5 Å². The van der Waals surface area contributed by atoms with E-state index < -0.39 is 11.6 Å².